The maximum Gasteiger partial charge on any atom is 0.192 e. The highest BCUT2D eigenvalue weighted by atomic mass is 32.2. The Kier molecular flexibility index (Phi) is 6.05. The van der Waals surface area contributed by atoms with E-state index < -0.39 is 0 Å². The van der Waals surface area contributed by atoms with E-state index in [0.717, 1.165) is 28.1 Å². The van der Waals surface area contributed by atoms with Gasteiger partial charge in [-0.2, -0.15) is 0 Å². The summed E-state index contributed by atoms with van der Waals surface area (Å²) in [5.41, 5.74) is 6.38. The Labute approximate surface area is 188 Å². The summed E-state index contributed by atoms with van der Waals surface area (Å²) in [6, 6.07) is 19.1. The Morgan fingerprint density at radius 3 is 2.42 bits per heavy atom. The van der Waals surface area contributed by atoms with E-state index in [1.807, 2.05) is 12.1 Å². The van der Waals surface area contributed by atoms with Crippen LogP contribution in [0.1, 0.15) is 48.8 Å². The molecular weight excluding hydrogens is 402 g/mol. The molecule has 5 heteroatoms. The van der Waals surface area contributed by atoms with Gasteiger partial charge in [-0.05, 0) is 48.1 Å². The molecule has 4 aromatic rings. The molecule has 0 atom stereocenters. The zero-order valence-electron chi connectivity index (χ0n) is 18.8. The van der Waals surface area contributed by atoms with Crippen molar-refractivity contribution < 1.29 is 4.42 Å². The molecule has 0 saturated carbocycles. The highest BCUT2D eigenvalue weighted by Gasteiger charge is 2.18. The SMILES string of the molecule is Cc1ccc(C)c(CSc2nnc(-c3ccc(C(C)(C)C)cc3)n2Cc2ccco2)c1. The molecule has 2 aromatic heterocycles. The van der Waals surface area contributed by atoms with Gasteiger partial charge in [0.2, 0.25) is 0 Å². The molecule has 4 rings (SSSR count). The van der Waals surface area contributed by atoms with Crippen molar-refractivity contribution >= 4 is 11.8 Å². The number of furan rings is 1. The standard InChI is InChI=1S/C26H29N3OS/c1-18-8-9-19(2)21(15-18)17-31-25-28-27-24(29(25)16-23-7-6-14-30-23)20-10-12-22(13-11-20)26(3,4)5/h6-15H,16-17H2,1-5H3. The zero-order chi connectivity index (χ0) is 22.0. The van der Waals surface area contributed by atoms with Crippen LogP contribution in [0.3, 0.4) is 0 Å². The molecule has 0 aliphatic carbocycles. The lowest BCUT2D eigenvalue weighted by molar-refractivity contribution is 0.485. The van der Waals surface area contributed by atoms with Crippen LogP contribution in [0.4, 0.5) is 0 Å². The van der Waals surface area contributed by atoms with Crippen LogP contribution in [0.2, 0.25) is 0 Å². The number of benzene rings is 2. The van der Waals surface area contributed by atoms with E-state index in [1.54, 1.807) is 18.0 Å². The maximum atomic E-state index is 5.63. The van der Waals surface area contributed by atoms with Gasteiger partial charge in [-0.25, -0.2) is 0 Å². The molecule has 2 heterocycles. The van der Waals surface area contributed by atoms with Crippen molar-refractivity contribution in [2.24, 2.45) is 0 Å². The largest absolute Gasteiger partial charge is 0.467 e. The van der Waals surface area contributed by atoms with Gasteiger partial charge in [-0.3, -0.25) is 4.57 Å². The molecule has 160 valence electrons. The number of hydrogen-bond donors (Lipinski definition) is 0. The van der Waals surface area contributed by atoms with Crippen molar-refractivity contribution in [3.8, 4) is 11.4 Å². The smallest absolute Gasteiger partial charge is 0.192 e. The third kappa shape index (κ3) is 4.93. The molecule has 0 spiro atoms. The van der Waals surface area contributed by atoms with Gasteiger partial charge in [0, 0.05) is 11.3 Å². The van der Waals surface area contributed by atoms with E-state index in [-0.39, 0.29) is 5.41 Å². The summed E-state index contributed by atoms with van der Waals surface area (Å²) in [4.78, 5) is 0. The molecule has 4 nitrogen and oxygen atoms in total. The first-order valence-electron chi connectivity index (χ1n) is 10.6. The Balaban J connectivity index is 1.66. The number of rotatable bonds is 6. The monoisotopic (exact) mass is 431 g/mol. The molecule has 0 aliphatic rings. The second-order valence-electron chi connectivity index (χ2n) is 9.02. The number of nitrogens with zero attached hydrogens (tertiary/aromatic N) is 3. The molecule has 0 saturated heterocycles. The van der Waals surface area contributed by atoms with Crippen molar-refractivity contribution in [3.05, 3.63) is 88.9 Å². The number of hydrogen-bond acceptors (Lipinski definition) is 4. The second kappa shape index (κ2) is 8.75. The van der Waals surface area contributed by atoms with Crippen LogP contribution < -0.4 is 0 Å². The predicted molar refractivity (Wildman–Crippen MR) is 127 cm³/mol. The van der Waals surface area contributed by atoms with Crippen molar-refractivity contribution in [1.82, 2.24) is 14.8 Å². The van der Waals surface area contributed by atoms with Gasteiger partial charge < -0.3 is 4.42 Å². The van der Waals surface area contributed by atoms with Crippen LogP contribution in [0.15, 0.2) is 70.4 Å². The molecule has 0 bridgehead atoms. The summed E-state index contributed by atoms with van der Waals surface area (Å²) in [5, 5.41) is 10.0. The van der Waals surface area contributed by atoms with Gasteiger partial charge in [0.15, 0.2) is 11.0 Å². The van der Waals surface area contributed by atoms with E-state index in [1.165, 1.54) is 22.3 Å². The summed E-state index contributed by atoms with van der Waals surface area (Å²) >= 11 is 1.72. The van der Waals surface area contributed by atoms with Crippen LogP contribution in [0.25, 0.3) is 11.4 Å². The highest BCUT2D eigenvalue weighted by molar-refractivity contribution is 7.98. The van der Waals surface area contributed by atoms with Crippen molar-refractivity contribution in [1.29, 1.82) is 0 Å². The first kappa shape index (κ1) is 21.4. The number of thioether (sulfide) groups is 1. The van der Waals surface area contributed by atoms with Gasteiger partial charge in [-0.15, -0.1) is 10.2 Å². The maximum absolute atomic E-state index is 5.63. The molecular formula is C26H29N3OS. The molecule has 0 unspecified atom stereocenters. The summed E-state index contributed by atoms with van der Waals surface area (Å²) < 4.78 is 7.78. The second-order valence-corrected chi connectivity index (χ2v) is 9.96. The molecule has 0 amide bonds. The first-order valence-corrected chi connectivity index (χ1v) is 11.6. The first-order chi connectivity index (χ1) is 14.8. The fourth-order valence-corrected chi connectivity index (χ4v) is 4.53. The van der Waals surface area contributed by atoms with Crippen LogP contribution in [-0.2, 0) is 17.7 Å². The third-order valence-electron chi connectivity index (χ3n) is 5.48. The predicted octanol–water partition coefficient (Wildman–Crippen LogP) is 6.79. The molecule has 0 radical (unpaired) electrons. The quantitative estimate of drug-likeness (QED) is 0.315. The van der Waals surface area contributed by atoms with Crippen LogP contribution in [0.5, 0.6) is 0 Å². The number of aryl methyl sites for hydroxylation is 2. The van der Waals surface area contributed by atoms with Gasteiger partial charge >= 0.3 is 0 Å². The summed E-state index contributed by atoms with van der Waals surface area (Å²) in [7, 11) is 0. The minimum absolute atomic E-state index is 0.118. The van der Waals surface area contributed by atoms with Gasteiger partial charge in [-0.1, -0.05) is 80.6 Å². The average molecular weight is 432 g/mol. The molecule has 0 fully saturated rings. The lowest BCUT2D eigenvalue weighted by Gasteiger charge is -2.19. The summed E-state index contributed by atoms with van der Waals surface area (Å²) in [6.07, 6.45) is 1.71. The van der Waals surface area contributed by atoms with Gasteiger partial charge in [0.25, 0.3) is 0 Å². The molecule has 31 heavy (non-hydrogen) atoms. The molecule has 0 aliphatic heterocycles. The van der Waals surface area contributed by atoms with E-state index in [9.17, 15) is 0 Å². The van der Waals surface area contributed by atoms with Crippen molar-refractivity contribution in [3.63, 3.8) is 0 Å². The Bertz CT molecular complexity index is 1150. The van der Waals surface area contributed by atoms with E-state index >= 15 is 0 Å². The van der Waals surface area contributed by atoms with Gasteiger partial charge in [0.05, 0.1) is 12.8 Å². The topological polar surface area (TPSA) is 43.9 Å². The van der Waals surface area contributed by atoms with E-state index in [0.29, 0.717) is 6.54 Å². The van der Waals surface area contributed by atoms with Crippen LogP contribution in [-0.4, -0.2) is 14.8 Å². The average Bonchev–Trinajstić information content (AvgIpc) is 3.39. The Morgan fingerprint density at radius 1 is 0.968 bits per heavy atom. The normalized spacial score (nSPS) is 11.8. The van der Waals surface area contributed by atoms with Crippen LogP contribution >= 0.6 is 11.8 Å². The lowest BCUT2D eigenvalue weighted by Crippen LogP contribution is -2.10. The Morgan fingerprint density at radius 2 is 1.74 bits per heavy atom. The molecule has 0 N–H and O–H groups in total. The molecule has 2 aromatic carbocycles. The minimum atomic E-state index is 0.118. The van der Waals surface area contributed by atoms with Crippen molar-refractivity contribution in [2.45, 2.75) is 57.5 Å². The van der Waals surface area contributed by atoms with E-state index in [2.05, 4.69) is 91.8 Å². The Hall–Kier alpha value is -2.79. The van der Waals surface area contributed by atoms with E-state index in [4.69, 9.17) is 4.42 Å². The van der Waals surface area contributed by atoms with Gasteiger partial charge in [0.1, 0.15) is 5.76 Å². The highest BCUT2D eigenvalue weighted by Crippen LogP contribution is 2.30. The summed E-state index contributed by atoms with van der Waals surface area (Å²) in [5.74, 6) is 2.61. The fourth-order valence-electron chi connectivity index (χ4n) is 3.53. The lowest BCUT2D eigenvalue weighted by atomic mass is 9.87. The number of aromatic nitrogens is 3. The zero-order valence-corrected chi connectivity index (χ0v) is 19.7. The van der Waals surface area contributed by atoms with Crippen molar-refractivity contribution in [2.75, 3.05) is 0 Å². The third-order valence-corrected chi connectivity index (χ3v) is 6.50. The summed E-state index contributed by atoms with van der Waals surface area (Å²) in [6.45, 7) is 11.6. The van der Waals surface area contributed by atoms with Crippen LogP contribution in [0, 0.1) is 13.8 Å². The minimum Gasteiger partial charge on any atom is -0.467 e. The fraction of sp³-hybridized carbons (Fsp3) is 0.308.